The van der Waals surface area contributed by atoms with Gasteiger partial charge in [0.1, 0.15) is 0 Å². The Kier molecular flexibility index (Phi) is 8.32. The van der Waals surface area contributed by atoms with Crippen molar-refractivity contribution in [2.45, 2.75) is 38.6 Å². The first kappa shape index (κ1) is 16.9. The molecule has 1 atom stereocenters. The molecule has 0 spiro atoms. The number of rotatable bonds is 10. The highest BCUT2D eigenvalue weighted by Gasteiger charge is 2.29. The lowest BCUT2D eigenvalue weighted by molar-refractivity contribution is -0.139. The van der Waals surface area contributed by atoms with Crippen LogP contribution in [0.4, 0.5) is 0 Å². The van der Waals surface area contributed by atoms with Gasteiger partial charge in [0, 0.05) is 26.7 Å². The number of carbonyl (C=O) groups excluding carboxylic acids is 1. The van der Waals surface area contributed by atoms with Crippen molar-refractivity contribution in [3.8, 4) is 0 Å². The number of carbonyl (C=O) groups is 2. The van der Waals surface area contributed by atoms with E-state index in [-0.39, 0.29) is 18.9 Å². The molecule has 0 rings (SSSR count). The smallest absolute Gasteiger partial charge is 0.305 e. The van der Waals surface area contributed by atoms with Gasteiger partial charge in [-0.2, -0.15) is 0 Å². The average Bonchev–Trinajstić information content (AvgIpc) is 2.23. The normalized spacial score (nSPS) is 13.9. The van der Waals surface area contributed by atoms with E-state index in [1.54, 1.807) is 6.92 Å². The van der Waals surface area contributed by atoms with Crippen molar-refractivity contribution >= 4 is 11.9 Å². The van der Waals surface area contributed by atoms with E-state index in [0.29, 0.717) is 26.1 Å². The highest BCUT2D eigenvalue weighted by molar-refractivity contribution is 5.78. The summed E-state index contributed by atoms with van der Waals surface area (Å²) in [4.78, 5) is 22.4. The monoisotopic (exact) mass is 261 g/mol. The summed E-state index contributed by atoms with van der Waals surface area (Å²) in [7, 11) is 1.47. The van der Waals surface area contributed by atoms with Gasteiger partial charge in [-0.1, -0.05) is 0 Å². The lowest BCUT2D eigenvalue weighted by Crippen LogP contribution is -2.50. The van der Waals surface area contributed by atoms with Gasteiger partial charge in [0.15, 0.2) is 0 Å². The molecule has 106 valence electrons. The Hall–Kier alpha value is -1.14. The Morgan fingerprint density at radius 1 is 1.39 bits per heavy atom. The first-order valence-corrected chi connectivity index (χ1v) is 6.03. The Morgan fingerprint density at radius 3 is 2.56 bits per heavy atom. The number of ether oxygens (including phenoxy) is 2. The van der Waals surface area contributed by atoms with Gasteiger partial charge in [-0.15, -0.1) is 0 Å². The van der Waals surface area contributed by atoms with Gasteiger partial charge in [-0.25, -0.2) is 0 Å². The van der Waals surface area contributed by atoms with Crippen LogP contribution < -0.4 is 5.32 Å². The number of nitrogens with one attached hydrogen (secondary N) is 1. The first-order chi connectivity index (χ1) is 8.43. The minimum absolute atomic E-state index is 0.163. The molecule has 6 nitrogen and oxygen atoms in total. The van der Waals surface area contributed by atoms with Gasteiger partial charge in [-0.05, 0) is 20.3 Å². The summed E-state index contributed by atoms with van der Waals surface area (Å²) in [6.07, 6.45) is 0.771. The number of carboxylic acids is 1. The molecule has 0 saturated heterocycles. The van der Waals surface area contributed by atoms with E-state index in [1.165, 1.54) is 7.11 Å². The lowest BCUT2D eigenvalue weighted by Gasteiger charge is -2.28. The fourth-order valence-electron chi connectivity index (χ4n) is 1.66. The van der Waals surface area contributed by atoms with E-state index in [0.717, 1.165) is 0 Å². The van der Waals surface area contributed by atoms with Gasteiger partial charge in [0.25, 0.3) is 0 Å². The molecule has 0 aliphatic carbocycles. The maximum Gasteiger partial charge on any atom is 0.305 e. The lowest BCUT2D eigenvalue weighted by atomic mass is 9.98. The molecule has 0 aromatic rings. The average molecular weight is 261 g/mol. The van der Waals surface area contributed by atoms with Crippen LogP contribution in [0.15, 0.2) is 0 Å². The molecular weight excluding hydrogens is 238 g/mol. The molecule has 0 saturated carbocycles. The number of methoxy groups -OCH3 is 1. The molecule has 0 aromatic heterocycles. The minimum atomic E-state index is -0.968. The Balaban J connectivity index is 4.14. The molecular formula is C12H23NO5. The quantitative estimate of drug-likeness (QED) is 0.568. The number of hydrogen-bond acceptors (Lipinski definition) is 4. The molecule has 18 heavy (non-hydrogen) atoms. The van der Waals surface area contributed by atoms with Crippen molar-refractivity contribution in [3.63, 3.8) is 0 Å². The van der Waals surface area contributed by atoms with Gasteiger partial charge in [-0.3, -0.25) is 9.59 Å². The van der Waals surface area contributed by atoms with Crippen LogP contribution in [0.25, 0.3) is 0 Å². The van der Waals surface area contributed by atoms with Crippen LogP contribution in [0.1, 0.15) is 33.1 Å². The second kappa shape index (κ2) is 8.88. The van der Waals surface area contributed by atoms with Gasteiger partial charge in [0.05, 0.1) is 18.6 Å². The van der Waals surface area contributed by atoms with Crippen molar-refractivity contribution in [2.24, 2.45) is 0 Å². The molecule has 6 heteroatoms. The topological polar surface area (TPSA) is 84.9 Å². The standard InChI is InChI=1S/C12H23NO5/c1-4-18-7-5-6-10(14)13-12(2,9-17-3)8-11(15)16/h4-9H2,1-3H3,(H,13,14)(H,15,16). The van der Waals surface area contributed by atoms with Crippen LogP contribution in [-0.4, -0.2) is 49.5 Å². The predicted molar refractivity (Wildman–Crippen MR) is 66.4 cm³/mol. The number of hydrogen-bond donors (Lipinski definition) is 2. The highest BCUT2D eigenvalue weighted by Crippen LogP contribution is 2.11. The zero-order chi connectivity index (χ0) is 14.0. The Labute approximate surface area is 108 Å². The summed E-state index contributed by atoms with van der Waals surface area (Å²) < 4.78 is 10.1. The van der Waals surface area contributed by atoms with E-state index in [2.05, 4.69) is 5.32 Å². The van der Waals surface area contributed by atoms with Crippen LogP contribution in [0.2, 0.25) is 0 Å². The Morgan fingerprint density at radius 2 is 2.06 bits per heavy atom. The number of amides is 1. The van der Waals surface area contributed by atoms with E-state index in [1.807, 2.05) is 6.92 Å². The molecule has 2 N–H and O–H groups in total. The number of aliphatic carboxylic acids is 1. The molecule has 0 radical (unpaired) electrons. The highest BCUT2D eigenvalue weighted by atomic mass is 16.5. The fraction of sp³-hybridized carbons (Fsp3) is 0.833. The van der Waals surface area contributed by atoms with Crippen LogP contribution in [0, 0.1) is 0 Å². The van der Waals surface area contributed by atoms with Gasteiger partial charge < -0.3 is 19.9 Å². The molecule has 1 amide bonds. The zero-order valence-electron chi connectivity index (χ0n) is 11.3. The first-order valence-electron chi connectivity index (χ1n) is 6.03. The zero-order valence-corrected chi connectivity index (χ0v) is 11.3. The maximum absolute atomic E-state index is 11.7. The van der Waals surface area contributed by atoms with Crippen molar-refractivity contribution < 1.29 is 24.2 Å². The fourth-order valence-corrected chi connectivity index (χ4v) is 1.66. The van der Waals surface area contributed by atoms with Gasteiger partial charge in [0.2, 0.25) is 5.91 Å². The summed E-state index contributed by atoms with van der Waals surface area (Å²) in [5, 5.41) is 11.5. The van der Waals surface area contributed by atoms with E-state index in [4.69, 9.17) is 14.6 Å². The van der Waals surface area contributed by atoms with E-state index in [9.17, 15) is 9.59 Å². The minimum Gasteiger partial charge on any atom is -0.481 e. The van der Waals surface area contributed by atoms with Crippen LogP contribution in [-0.2, 0) is 19.1 Å². The number of carboxylic acid groups (broad SMARTS) is 1. The Bertz CT molecular complexity index is 269. The van der Waals surface area contributed by atoms with Crippen molar-refractivity contribution in [1.82, 2.24) is 5.32 Å². The molecule has 0 heterocycles. The molecule has 1 unspecified atom stereocenters. The largest absolute Gasteiger partial charge is 0.481 e. The SMILES string of the molecule is CCOCCCC(=O)NC(C)(COC)CC(=O)O. The molecule has 0 aliphatic heterocycles. The van der Waals surface area contributed by atoms with Gasteiger partial charge >= 0.3 is 5.97 Å². The second-order valence-corrected chi connectivity index (χ2v) is 4.41. The molecule has 0 fully saturated rings. The molecule has 0 aliphatic rings. The predicted octanol–water partition coefficient (Wildman–Crippen LogP) is 0.799. The summed E-state index contributed by atoms with van der Waals surface area (Å²) in [6, 6.07) is 0. The van der Waals surface area contributed by atoms with Crippen molar-refractivity contribution in [1.29, 1.82) is 0 Å². The van der Waals surface area contributed by atoms with Crippen LogP contribution in [0.5, 0.6) is 0 Å². The second-order valence-electron chi connectivity index (χ2n) is 4.41. The summed E-state index contributed by atoms with van der Waals surface area (Å²) in [6.45, 7) is 4.87. The van der Waals surface area contributed by atoms with Crippen LogP contribution >= 0.6 is 0 Å². The molecule has 0 bridgehead atoms. The summed E-state index contributed by atoms with van der Waals surface area (Å²) >= 11 is 0. The van der Waals surface area contributed by atoms with Crippen LogP contribution in [0.3, 0.4) is 0 Å². The van der Waals surface area contributed by atoms with Crippen molar-refractivity contribution in [2.75, 3.05) is 26.9 Å². The van der Waals surface area contributed by atoms with E-state index < -0.39 is 11.5 Å². The third-order valence-electron chi connectivity index (χ3n) is 2.34. The van der Waals surface area contributed by atoms with Crippen molar-refractivity contribution in [3.05, 3.63) is 0 Å². The third-order valence-corrected chi connectivity index (χ3v) is 2.34. The summed E-state index contributed by atoms with van der Waals surface area (Å²) in [5.41, 5.74) is -0.872. The molecule has 0 aromatic carbocycles. The van der Waals surface area contributed by atoms with E-state index >= 15 is 0 Å². The summed E-state index contributed by atoms with van der Waals surface area (Å²) in [5.74, 6) is -1.15. The third kappa shape index (κ3) is 8.03. The maximum atomic E-state index is 11.7.